The highest BCUT2D eigenvalue weighted by Gasteiger charge is 2.52. The van der Waals surface area contributed by atoms with Crippen LogP contribution in [-0.2, 0) is 20.2 Å². The lowest BCUT2D eigenvalue weighted by atomic mass is 9.65. The minimum absolute atomic E-state index is 0.00159. The molecule has 2 aliphatic rings. The first kappa shape index (κ1) is 14.7. The molecular formula is C18H15N3O3S. The molecule has 1 aromatic carbocycles. The summed E-state index contributed by atoms with van der Waals surface area (Å²) in [5.74, 6) is 0.00159. The van der Waals surface area contributed by atoms with Crippen LogP contribution in [0.25, 0.3) is 11.0 Å². The van der Waals surface area contributed by atoms with Crippen molar-refractivity contribution < 1.29 is 13.2 Å². The number of aromatic nitrogens is 2. The molecular weight excluding hydrogens is 338 g/mol. The molecule has 0 unspecified atom stereocenters. The summed E-state index contributed by atoms with van der Waals surface area (Å²) < 4.78 is 27.1. The third kappa shape index (κ3) is 1.76. The summed E-state index contributed by atoms with van der Waals surface area (Å²) in [5, 5.41) is 3.63. The maximum absolute atomic E-state index is 13.0. The zero-order valence-electron chi connectivity index (χ0n) is 13.3. The molecule has 1 fully saturated rings. The predicted octanol–water partition coefficient (Wildman–Crippen LogP) is 2.65. The van der Waals surface area contributed by atoms with Crippen LogP contribution in [0.1, 0.15) is 24.8 Å². The fraction of sp³-hybridized carbons (Fsp3) is 0.222. The van der Waals surface area contributed by atoms with E-state index in [9.17, 15) is 13.2 Å². The molecule has 1 saturated carbocycles. The second kappa shape index (κ2) is 4.70. The Balaban J connectivity index is 1.76. The van der Waals surface area contributed by atoms with Gasteiger partial charge < -0.3 is 5.32 Å². The summed E-state index contributed by atoms with van der Waals surface area (Å²) in [5.41, 5.74) is 1.45. The number of pyridine rings is 1. The Morgan fingerprint density at radius 2 is 1.88 bits per heavy atom. The molecule has 0 bridgehead atoms. The lowest BCUT2D eigenvalue weighted by Crippen LogP contribution is -2.40. The summed E-state index contributed by atoms with van der Waals surface area (Å²) in [7, 11) is -3.73. The van der Waals surface area contributed by atoms with E-state index in [0.29, 0.717) is 11.3 Å². The van der Waals surface area contributed by atoms with E-state index in [0.717, 1.165) is 30.2 Å². The summed E-state index contributed by atoms with van der Waals surface area (Å²) in [6.45, 7) is 0. The van der Waals surface area contributed by atoms with Crippen LogP contribution in [0.15, 0.2) is 53.7 Å². The number of rotatable bonds is 2. The van der Waals surface area contributed by atoms with E-state index >= 15 is 0 Å². The van der Waals surface area contributed by atoms with Gasteiger partial charge in [0.15, 0.2) is 5.65 Å². The molecule has 2 aromatic heterocycles. The molecule has 1 N–H and O–H groups in total. The van der Waals surface area contributed by atoms with E-state index in [1.165, 1.54) is 10.2 Å². The highest BCUT2D eigenvalue weighted by atomic mass is 32.2. The Kier molecular flexibility index (Phi) is 2.75. The van der Waals surface area contributed by atoms with Gasteiger partial charge in [-0.2, -0.15) is 0 Å². The molecule has 1 spiro atoms. The number of carbonyl (C=O) groups excluding carboxylic acids is 1. The Morgan fingerprint density at radius 3 is 2.56 bits per heavy atom. The van der Waals surface area contributed by atoms with Crippen molar-refractivity contribution in [1.82, 2.24) is 8.96 Å². The van der Waals surface area contributed by atoms with Crippen molar-refractivity contribution in [1.29, 1.82) is 0 Å². The molecule has 3 aromatic rings. The molecule has 7 heteroatoms. The number of anilines is 1. The van der Waals surface area contributed by atoms with Crippen molar-refractivity contribution in [2.75, 3.05) is 5.32 Å². The zero-order valence-corrected chi connectivity index (χ0v) is 14.1. The number of nitrogens with one attached hydrogen (secondary N) is 1. The fourth-order valence-electron chi connectivity index (χ4n) is 3.94. The van der Waals surface area contributed by atoms with Gasteiger partial charge in [0.25, 0.3) is 10.0 Å². The lowest BCUT2D eigenvalue weighted by Gasteiger charge is -2.36. The molecule has 1 aliphatic carbocycles. The Morgan fingerprint density at radius 1 is 1.12 bits per heavy atom. The second-order valence-corrected chi connectivity index (χ2v) is 8.42. The third-order valence-corrected chi connectivity index (χ3v) is 7.03. The SMILES string of the molecule is O=C1Nc2cnc3c(ccn3S(=O)(=O)c3ccccc3)c2C12CCC2. The minimum Gasteiger partial charge on any atom is -0.324 e. The number of hydrogen-bond donors (Lipinski definition) is 1. The lowest BCUT2D eigenvalue weighted by molar-refractivity contribution is -0.123. The fourth-order valence-corrected chi connectivity index (χ4v) is 5.26. The van der Waals surface area contributed by atoms with Gasteiger partial charge in [-0.1, -0.05) is 24.6 Å². The molecule has 0 saturated heterocycles. The van der Waals surface area contributed by atoms with E-state index in [1.54, 1.807) is 42.6 Å². The number of fused-ring (bicyclic) bond motifs is 4. The topological polar surface area (TPSA) is 81.1 Å². The molecule has 5 rings (SSSR count). The summed E-state index contributed by atoms with van der Waals surface area (Å²) in [4.78, 5) is 17.0. The van der Waals surface area contributed by atoms with E-state index < -0.39 is 15.4 Å². The highest BCUT2D eigenvalue weighted by Crippen LogP contribution is 2.53. The number of benzene rings is 1. The summed E-state index contributed by atoms with van der Waals surface area (Å²) in [6, 6.07) is 10.0. The van der Waals surface area contributed by atoms with Crippen molar-refractivity contribution in [2.24, 2.45) is 0 Å². The molecule has 6 nitrogen and oxygen atoms in total. The van der Waals surface area contributed by atoms with Gasteiger partial charge in [0.2, 0.25) is 5.91 Å². The smallest absolute Gasteiger partial charge is 0.269 e. The van der Waals surface area contributed by atoms with Crippen molar-refractivity contribution in [2.45, 2.75) is 29.6 Å². The van der Waals surface area contributed by atoms with Crippen LogP contribution < -0.4 is 5.32 Å². The second-order valence-electron chi connectivity index (χ2n) is 6.60. The van der Waals surface area contributed by atoms with E-state index in [2.05, 4.69) is 10.3 Å². The molecule has 25 heavy (non-hydrogen) atoms. The van der Waals surface area contributed by atoms with Crippen LogP contribution in [0, 0.1) is 0 Å². The minimum atomic E-state index is -3.73. The van der Waals surface area contributed by atoms with Gasteiger partial charge in [-0.3, -0.25) is 4.79 Å². The van der Waals surface area contributed by atoms with Crippen LogP contribution in [0.4, 0.5) is 5.69 Å². The van der Waals surface area contributed by atoms with Gasteiger partial charge in [-0.25, -0.2) is 17.4 Å². The molecule has 1 aliphatic heterocycles. The zero-order chi connectivity index (χ0) is 17.2. The van der Waals surface area contributed by atoms with Gasteiger partial charge in [-0.05, 0) is 31.0 Å². The van der Waals surface area contributed by atoms with Crippen LogP contribution in [0.3, 0.4) is 0 Å². The molecule has 0 atom stereocenters. The Hall–Kier alpha value is -2.67. The maximum atomic E-state index is 13.0. The van der Waals surface area contributed by atoms with E-state index in [-0.39, 0.29) is 10.8 Å². The van der Waals surface area contributed by atoms with Crippen LogP contribution in [-0.4, -0.2) is 23.3 Å². The monoisotopic (exact) mass is 353 g/mol. The van der Waals surface area contributed by atoms with Gasteiger partial charge in [0, 0.05) is 17.1 Å². The Labute approximate surface area is 144 Å². The number of hydrogen-bond acceptors (Lipinski definition) is 4. The first-order valence-electron chi connectivity index (χ1n) is 8.17. The predicted molar refractivity (Wildman–Crippen MR) is 92.9 cm³/mol. The number of amides is 1. The van der Waals surface area contributed by atoms with Crippen LogP contribution >= 0.6 is 0 Å². The molecule has 126 valence electrons. The van der Waals surface area contributed by atoms with Crippen LogP contribution in [0.5, 0.6) is 0 Å². The van der Waals surface area contributed by atoms with E-state index in [4.69, 9.17) is 0 Å². The van der Waals surface area contributed by atoms with Gasteiger partial charge in [0.05, 0.1) is 22.2 Å². The van der Waals surface area contributed by atoms with Gasteiger partial charge in [0.1, 0.15) is 0 Å². The standard InChI is InChI=1S/C18H15N3O3S/c22-17-18(8-4-9-18)15-13-7-10-21(16(13)19-11-14(15)20-17)25(23,24)12-5-2-1-3-6-12/h1-3,5-7,10-11H,4,8-9H2,(H,20,22). The van der Waals surface area contributed by atoms with Crippen molar-refractivity contribution >= 4 is 32.7 Å². The largest absolute Gasteiger partial charge is 0.324 e. The average molecular weight is 353 g/mol. The molecule has 3 heterocycles. The van der Waals surface area contributed by atoms with Gasteiger partial charge >= 0.3 is 0 Å². The molecule has 1 amide bonds. The quantitative estimate of drug-likeness (QED) is 0.768. The third-order valence-electron chi connectivity index (χ3n) is 5.35. The maximum Gasteiger partial charge on any atom is 0.269 e. The van der Waals surface area contributed by atoms with Crippen molar-refractivity contribution in [3.8, 4) is 0 Å². The van der Waals surface area contributed by atoms with Crippen molar-refractivity contribution in [3.05, 3.63) is 54.4 Å². The number of carbonyl (C=O) groups is 1. The van der Waals surface area contributed by atoms with Crippen molar-refractivity contribution in [3.63, 3.8) is 0 Å². The number of nitrogens with zero attached hydrogens (tertiary/aromatic N) is 2. The highest BCUT2D eigenvalue weighted by molar-refractivity contribution is 7.90. The normalized spacial score (nSPS) is 18.2. The first-order valence-corrected chi connectivity index (χ1v) is 9.61. The first-order chi connectivity index (χ1) is 12.0. The average Bonchev–Trinajstić information content (AvgIpc) is 3.13. The summed E-state index contributed by atoms with van der Waals surface area (Å²) in [6.07, 6.45) is 5.68. The van der Waals surface area contributed by atoms with Gasteiger partial charge in [-0.15, -0.1) is 0 Å². The van der Waals surface area contributed by atoms with Crippen LogP contribution in [0.2, 0.25) is 0 Å². The van der Waals surface area contributed by atoms with E-state index in [1.807, 2.05) is 0 Å². The summed E-state index contributed by atoms with van der Waals surface area (Å²) >= 11 is 0. The molecule has 0 radical (unpaired) electrons. The Bertz CT molecular complexity index is 1130.